The molecule has 0 saturated carbocycles. The van der Waals surface area contributed by atoms with Crippen molar-refractivity contribution < 1.29 is 18.8 Å². The molecule has 0 aliphatic carbocycles. The monoisotopic (exact) mass is 283 g/mol. The number of benzene rings is 1. The van der Waals surface area contributed by atoms with Crippen LogP contribution in [0.25, 0.3) is 0 Å². The van der Waals surface area contributed by atoms with E-state index in [-0.39, 0.29) is 30.6 Å². The zero-order valence-electron chi connectivity index (χ0n) is 11.2. The van der Waals surface area contributed by atoms with Crippen molar-refractivity contribution in [3.8, 4) is 0 Å². The molecule has 3 rings (SSSR count). The van der Waals surface area contributed by atoms with Crippen LogP contribution in [0.4, 0.5) is 0 Å². The number of Topliss-reactive ketones (excluding diaryl/α,β-unsaturated/α-hetero) is 1. The Hall–Kier alpha value is -2.69. The Balaban J connectivity index is 1.61. The van der Waals surface area contributed by atoms with Gasteiger partial charge in [0.15, 0.2) is 11.5 Å². The van der Waals surface area contributed by atoms with Gasteiger partial charge >= 0.3 is 0 Å². The molecule has 0 N–H and O–H groups in total. The molecular weight excluding hydrogens is 270 g/mol. The summed E-state index contributed by atoms with van der Waals surface area (Å²) in [6.45, 7) is 0.235. The maximum absolute atomic E-state index is 12.1. The largest absolute Gasteiger partial charge is 0.461 e. The molecule has 0 radical (unpaired) electrons. The number of imide groups is 1. The van der Waals surface area contributed by atoms with Crippen molar-refractivity contribution in [2.75, 3.05) is 6.54 Å². The standard InChI is InChI=1S/C16H13NO4/c18-13(14-8-4-10-21-14)7-3-9-17-15(19)11-5-1-2-6-12(11)16(17)20/h1-2,4-6,8,10H,3,7,9H2. The number of furan rings is 1. The number of hydrogen-bond donors (Lipinski definition) is 0. The summed E-state index contributed by atoms with van der Waals surface area (Å²) in [7, 11) is 0. The fourth-order valence-electron chi connectivity index (χ4n) is 2.40. The summed E-state index contributed by atoms with van der Waals surface area (Å²) in [5.41, 5.74) is 0.861. The number of fused-ring (bicyclic) bond motifs is 1. The van der Waals surface area contributed by atoms with Gasteiger partial charge in [-0.2, -0.15) is 0 Å². The third-order valence-corrected chi connectivity index (χ3v) is 3.46. The van der Waals surface area contributed by atoms with E-state index in [1.165, 1.54) is 11.2 Å². The minimum atomic E-state index is -0.291. The van der Waals surface area contributed by atoms with Crippen LogP contribution in [0.15, 0.2) is 47.1 Å². The van der Waals surface area contributed by atoms with Crippen LogP contribution in [-0.4, -0.2) is 29.0 Å². The van der Waals surface area contributed by atoms with Gasteiger partial charge in [-0.15, -0.1) is 0 Å². The third kappa shape index (κ3) is 2.38. The van der Waals surface area contributed by atoms with Crippen LogP contribution < -0.4 is 0 Å². The number of hydrogen-bond acceptors (Lipinski definition) is 4. The molecule has 0 spiro atoms. The first-order valence-electron chi connectivity index (χ1n) is 6.70. The van der Waals surface area contributed by atoms with Crippen LogP contribution >= 0.6 is 0 Å². The lowest BCUT2D eigenvalue weighted by Gasteiger charge is -2.12. The van der Waals surface area contributed by atoms with E-state index in [0.717, 1.165) is 0 Å². The van der Waals surface area contributed by atoms with Gasteiger partial charge < -0.3 is 4.42 Å². The maximum Gasteiger partial charge on any atom is 0.261 e. The summed E-state index contributed by atoms with van der Waals surface area (Å²) in [5.74, 6) is -0.406. The average molecular weight is 283 g/mol. The second kappa shape index (κ2) is 5.36. The zero-order valence-corrected chi connectivity index (χ0v) is 11.2. The maximum atomic E-state index is 12.1. The van der Waals surface area contributed by atoms with Gasteiger partial charge in [-0.1, -0.05) is 12.1 Å². The Labute approximate surface area is 121 Å². The van der Waals surface area contributed by atoms with Crippen molar-refractivity contribution in [1.82, 2.24) is 4.90 Å². The first kappa shape index (κ1) is 13.3. The Morgan fingerprint density at radius 2 is 1.67 bits per heavy atom. The van der Waals surface area contributed by atoms with Crippen molar-refractivity contribution in [1.29, 1.82) is 0 Å². The lowest BCUT2D eigenvalue weighted by Crippen LogP contribution is -2.31. The van der Waals surface area contributed by atoms with Crippen LogP contribution in [-0.2, 0) is 0 Å². The minimum Gasteiger partial charge on any atom is -0.461 e. The van der Waals surface area contributed by atoms with E-state index in [9.17, 15) is 14.4 Å². The molecular formula is C16H13NO4. The van der Waals surface area contributed by atoms with E-state index in [1.54, 1.807) is 36.4 Å². The van der Waals surface area contributed by atoms with Crippen LogP contribution in [0.5, 0.6) is 0 Å². The van der Waals surface area contributed by atoms with E-state index >= 15 is 0 Å². The van der Waals surface area contributed by atoms with Gasteiger partial charge in [0.2, 0.25) is 0 Å². The lowest BCUT2D eigenvalue weighted by molar-refractivity contribution is 0.0646. The molecule has 21 heavy (non-hydrogen) atoms. The van der Waals surface area contributed by atoms with E-state index < -0.39 is 0 Å². The number of rotatable bonds is 5. The van der Waals surface area contributed by atoms with Crippen molar-refractivity contribution in [2.24, 2.45) is 0 Å². The molecule has 1 aliphatic heterocycles. The van der Waals surface area contributed by atoms with E-state index in [1.807, 2.05) is 0 Å². The number of nitrogens with zero attached hydrogens (tertiary/aromatic N) is 1. The molecule has 5 heteroatoms. The SMILES string of the molecule is O=C(CCCN1C(=O)c2ccccc2C1=O)c1ccco1. The molecule has 0 fully saturated rings. The fourth-order valence-corrected chi connectivity index (χ4v) is 2.40. The first-order valence-corrected chi connectivity index (χ1v) is 6.70. The predicted molar refractivity (Wildman–Crippen MR) is 74.1 cm³/mol. The van der Waals surface area contributed by atoms with Crippen molar-refractivity contribution in [2.45, 2.75) is 12.8 Å². The van der Waals surface area contributed by atoms with E-state index in [2.05, 4.69) is 0 Å². The number of carbonyl (C=O) groups excluding carboxylic acids is 3. The number of ketones is 1. The summed E-state index contributed by atoms with van der Waals surface area (Å²) >= 11 is 0. The molecule has 106 valence electrons. The average Bonchev–Trinajstić information content (AvgIpc) is 3.11. The predicted octanol–water partition coefficient (Wildman–Crippen LogP) is 2.54. The fraction of sp³-hybridized carbons (Fsp3) is 0.188. The van der Waals surface area contributed by atoms with E-state index in [4.69, 9.17) is 4.42 Å². The molecule has 2 aromatic rings. The Bertz CT molecular complexity index is 668. The number of amides is 2. The molecule has 5 nitrogen and oxygen atoms in total. The molecule has 0 bridgehead atoms. The highest BCUT2D eigenvalue weighted by molar-refractivity contribution is 6.21. The molecule has 2 amide bonds. The highest BCUT2D eigenvalue weighted by Crippen LogP contribution is 2.22. The van der Waals surface area contributed by atoms with Crippen molar-refractivity contribution >= 4 is 17.6 Å². The highest BCUT2D eigenvalue weighted by Gasteiger charge is 2.34. The van der Waals surface area contributed by atoms with Crippen molar-refractivity contribution in [3.05, 3.63) is 59.5 Å². The van der Waals surface area contributed by atoms with Crippen LogP contribution in [0, 0.1) is 0 Å². The van der Waals surface area contributed by atoms with Gasteiger partial charge in [0.1, 0.15) is 0 Å². The van der Waals surface area contributed by atoms with Gasteiger partial charge in [-0.25, -0.2) is 0 Å². The van der Waals surface area contributed by atoms with Crippen LogP contribution in [0.1, 0.15) is 44.1 Å². The molecule has 0 saturated heterocycles. The van der Waals surface area contributed by atoms with Gasteiger partial charge in [0.25, 0.3) is 11.8 Å². The van der Waals surface area contributed by atoms with Crippen LogP contribution in [0.3, 0.4) is 0 Å². The number of carbonyl (C=O) groups is 3. The van der Waals surface area contributed by atoms with Crippen molar-refractivity contribution in [3.63, 3.8) is 0 Å². The molecule has 1 aromatic heterocycles. The smallest absolute Gasteiger partial charge is 0.261 e. The topological polar surface area (TPSA) is 67.6 Å². The second-order valence-corrected chi connectivity index (χ2v) is 4.81. The molecule has 0 unspecified atom stereocenters. The molecule has 1 aromatic carbocycles. The Morgan fingerprint density at radius 1 is 1.00 bits per heavy atom. The van der Waals surface area contributed by atoms with Gasteiger partial charge in [0, 0.05) is 13.0 Å². The normalized spacial score (nSPS) is 13.6. The minimum absolute atomic E-state index is 0.128. The van der Waals surface area contributed by atoms with Gasteiger partial charge in [0.05, 0.1) is 17.4 Å². The Kier molecular flexibility index (Phi) is 3.39. The summed E-state index contributed by atoms with van der Waals surface area (Å²) < 4.78 is 5.01. The lowest BCUT2D eigenvalue weighted by atomic mass is 10.1. The van der Waals surface area contributed by atoms with Crippen LogP contribution in [0.2, 0.25) is 0 Å². The Morgan fingerprint density at radius 3 is 2.24 bits per heavy atom. The second-order valence-electron chi connectivity index (χ2n) is 4.81. The summed E-state index contributed by atoms with van der Waals surface area (Å²) in [4.78, 5) is 37.2. The van der Waals surface area contributed by atoms with E-state index in [0.29, 0.717) is 23.3 Å². The highest BCUT2D eigenvalue weighted by atomic mass is 16.3. The quantitative estimate of drug-likeness (QED) is 0.624. The zero-order chi connectivity index (χ0) is 14.8. The first-order chi connectivity index (χ1) is 10.2. The summed E-state index contributed by atoms with van der Waals surface area (Å²) in [6, 6.07) is 10.00. The van der Waals surface area contributed by atoms with Gasteiger partial charge in [-0.3, -0.25) is 19.3 Å². The van der Waals surface area contributed by atoms with Gasteiger partial charge in [-0.05, 0) is 30.7 Å². The summed E-state index contributed by atoms with van der Waals surface area (Å²) in [6.07, 6.45) is 2.10. The molecule has 2 heterocycles. The third-order valence-electron chi connectivity index (χ3n) is 3.46. The molecule has 1 aliphatic rings. The molecule has 0 atom stereocenters. The summed E-state index contributed by atoms with van der Waals surface area (Å²) in [5, 5.41) is 0.